The summed E-state index contributed by atoms with van der Waals surface area (Å²) in [5, 5.41) is 24.1. The van der Waals surface area contributed by atoms with E-state index in [0.29, 0.717) is 32.6 Å². The Labute approximate surface area is 159 Å². The predicted octanol–water partition coefficient (Wildman–Crippen LogP) is 3.96. The molecule has 0 amide bonds. The maximum absolute atomic E-state index is 10.7. The SMILES string of the molecule is N#CC1=C(N)OC2=C([C@H]1c1cccc(Cl)c1Cl)[C@@H](O)Nc1ccccc12. The van der Waals surface area contributed by atoms with Crippen molar-refractivity contribution in [2.75, 3.05) is 5.32 Å². The van der Waals surface area contributed by atoms with Crippen molar-refractivity contribution in [2.24, 2.45) is 5.73 Å². The summed E-state index contributed by atoms with van der Waals surface area (Å²) in [5.74, 6) is -0.272. The fourth-order valence-electron chi connectivity index (χ4n) is 3.36. The largest absolute Gasteiger partial charge is 0.440 e. The maximum Gasteiger partial charge on any atom is 0.205 e. The lowest BCUT2D eigenvalue weighted by molar-refractivity contribution is 0.221. The van der Waals surface area contributed by atoms with Crippen LogP contribution in [-0.2, 0) is 4.74 Å². The van der Waals surface area contributed by atoms with Gasteiger partial charge in [0.15, 0.2) is 6.23 Å². The molecule has 0 aromatic heterocycles. The Balaban J connectivity index is 2.01. The molecule has 2 aromatic carbocycles. The lowest BCUT2D eigenvalue weighted by atomic mass is 9.80. The van der Waals surface area contributed by atoms with Gasteiger partial charge in [0.05, 0.1) is 16.0 Å². The van der Waals surface area contributed by atoms with Gasteiger partial charge < -0.3 is 20.9 Å². The summed E-state index contributed by atoms with van der Waals surface area (Å²) in [6.45, 7) is 0. The highest BCUT2D eigenvalue weighted by atomic mass is 35.5. The van der Waals surface area contributed by atoms with Gasteiger partial charge >= 0.3 is 0 Å². The monoisotopic (exact) mass is 385 g/mol. The van der Waals surface area contributed by atoms with Gasteiger partial charge in [0, 0.05) is 16.8 Å². The van der Waals surface area contributed by atoms with Gasteiger partial charge in [0.2, 0.25) is 5.88 Å². The van der Waals surface area contributed by atoms with Crippen LogP contribution in [0.25, 0.3) is 5.76 Å². The number of aliphatic hydroxyl groups excluding tert-OH is 1. The fraction of sp³-hybridized carbons (Fsp3) is 0.105. The highest BCUT2D eigenvalue weighted by molar-refractivity contribution is 6.42. The van der Waals surface area contributed by atoms with E-state index in [-0.39, 0.29) is 11.5 Å². The smallest absolute Gasteiger partial charge is 0.205 e. The number of nitrogens with one attached hydrogen (secondary N) is 1. The van der Waals surface area contributed by atoms with E-state index in [1.54, 1.807) is 18.2 Å². The second kappa shape index (κ2) is 6.26. The molecule has 0 unspecified atom stereocenters. The normalized spacial score (nSPS) is 21.3. The summed E-state index contributed by atoms with van der Waals surface area (Å²) in [7, 11) is 0. The van der Waals surface area contributed by atoms with Crippen LogP contribution >= 0.6 is 23.2 Å². The van der Waals surface area contributed by atoms with Gasteiger partial charge in [-0.05, 0) is 23.8 Å². The first-order valence-corrected chi connectivity index (χ1v) is 8.58. The minimum Gasteiger partial charge on any atom is -0.440 e. The fourth-order valence-corrected chi connectivity index (χ4v) is 3.78. The van der Waals surface area contributed by atoms with Gasteiger partial charge in [0.1, 0.15) is 17.4 Å². The Bertz CT molecular complexity index is 1020. The van der Waals surface area contributed by atoms with Crippen molar-refractivity contribution in [3.8, 4) is 6.07 Å². The van der Waals surface area contributed by atoms with Crippen LogP contribution in [0.4, 0.5) is 5.69 Å². The van der Waals surface area contributed by atoms with Crippen LogP contribution in [0.1, 0.15) is 17.0 Å². The Morgan fingerprint density at radius 2 is 1.92 bits per heavy atom. The number of nitrogens with zero attached hydrogens (tertiary/aromatic N) is 1. The van der Waals surface area contributed by atoms with Crippen molar-refractivity contribution in [3.05, 3.63) is 80.7 Å². The molecule has 0 spiro atoms. The molecule has 0 bridgehead atoms. The highest BCUT2D eigenvalue weighted by Gasteiger charge is 2.40. The molecule has 7 heteroatoms. The number of aliphatic hydroxyl groups is 1. The van der Waals surface area contributed by atoms with Crippen molar-refractivity contribution in [1.29, 1.82) is 5.26 Å². The number of benzene rings is 2. The van der Waals surface area contributed by atoms with E-state index in [4.69, 9.17) is 33.7 Å². The van der Waals surface area contributed by atoms with Gasteiger partial charge in [-0.2, -0.15) is 5.26 Å². The third-order valence-corrected chi connectivity index (χ3v) is 5.34. The molecule has 4 rings (SSSR count). The number of allylic oxidation sites excluding steroid dienone is 1. The van der Waals surface area contributed by atoms with E-state index in [2.05, 4.69) is 11.4 Å². The first kappa shape index (κ1) is 16.8. The highest BCUT2D eigenvalue weighted by Crippen LogP contribution is 2.49. The van der Waals surface area contributed by atoms with E-state index in [1.807, 2.05) is 24.3 Å². The van der Waals surface area contributed by atoms with Gasteiger partial charge in [-0.25, -0.2) is 0 Å². The standard InChI is InChI=1S/C19H13Cl2N3O2/c20-12-6-3-5-10(16(12)21)14-11(8-22)18(23)26-17-9-4-1-2-7-13(9)24-19(25)15(14)17/h1-7,14,19,24-25H,23H2/t14-,19+/m0/s1. The molecule has 2 heterocycles. The molecule has 130 valence electrons. The van der Waals surface area contributed by atoms with Gasteiger partial charge in [0.25, 0.3) is 0 Å². The Morgan fingerprint density at radius 1 is 1.15 bits per heavy atom. The molecule has 2 atom stereocenters. The van der Waals surface area contributed by atoms with Crippen molar-refractivity contribution in [1.82, 2.24) is 0 Å². The quantitative estimate of drug-likeness (QED) is 0.690. The van der Waals surface area contributed by atoms with Crippen LogP contribution in [0.15, 0.2) is 59.5 Å². The Hall–Kier alpha value is -2.65. The average molecular weight is 386 g/mol. The minimum absolute atomic E-state index is 0.0174. The molecule has 4 N–H and O–H groups in total. The molecule has 0 fully saturated rings. The maximum atomic E-state index is 10.7. The molecule has 5 nitrogen and oxygen atoms in total. The van der Waals surface area contributed by atoms with E-state index in [1.165, 1.54) is 0 Å². The number of fused-ring (bicyclic) bond motifs is 2. The van der Waals surface area contributed by atoms with E-state index >= 15 is 0 Å². The van der Waals surface area contributed by atoms with Crippen molar-refractivity contribution < 1.29 is 9.84 Å². The molecule has 26 heavy (non-hydrogen) atoms. The van der Waals surface area contributed by atoms with E-state index in [9.17, 15) is 10.4 Å². The van der Waals surface area contributed by atoms with Gasteiger partial charge in [-0.3, -0.25) is 0 Å². The first-order valence-electron chi connectivity index (χ1n) is 7.82. The molecule has 0 saturated carbocycles. The number of para-hydroxylation sites is 1. The summed E-state index contributed by atoms with van der Waals surface area (Å²) < 4.78 is 5.75. The zero-order chi connectivity index (χ0) is 18.4. The second-order valence-corrected chi connectivity index (χ2v) is 6.73. The molecule has 2 aliphatic rings. The molecule has 0 radical (unpaired) electrons. The van der Waals surface area contributed by atoms with Crippen molar-refractivity contribution in [2.45, 2.75) is 12.1 Å². The van der Waals surface area contributed by atoms with Crippen LogP contribution in [0.3, 0.4) is 0 Å². The van der Waals surface area contributed by atoms with Crippen molar-refractivity contribution >= 4 is 34.6 Å². The minimum atomic E-state index is -1.07. The number of nitrogens with two attached hydrogens (primary N) is 1. The second-order valence-electron chi connectivity index (χ2n) is 5.94. The van der Waals surface area contributed by atoms with Crippen LogP contribution in [0, 0.1) is 11.3 Å². The van der Waals surface area contributed by atoms with Crippen LogP contribution in [0.5, 0.6) is 0 Å². The number of rotatable bonds is 1. The number of halogens is 2. The molecular formula is C19H13Cl2N3O2. The topological polar surface area (TPSA) is 91.3 Å². The predicted molar refractivity (Wildman–Crippen MR) is 100 cm³/mol. The molecule has 0 aliphatic carbocycles. The lowest BCUT2D eigenvalue weighted by Crippen LogP contribution is -2.34. The molecule has 2 aliphatic heterocycles. The van der Waals surface area contributed by atoms with Crippen LogP contribution < -0.4 is 11.1 Å². The summed E-state index contributed by atoms with van der Waals surface area (Å²) in [6, 6.07) is 14.6. The van der Waals surface area contributed by atoms with Crippen molar-refractivity contribution in [3.63, 3.8) is 0 Å². The number of hydrogen-bond donors (Lipinski definition) is 3. The zero-order valence-electron chi connectivity index (χ0n) is 13.3. The number of ether oxygens (including phenoxy) is 1. The summed E-state index contributed by atoms with van der Waals surface area (Å²) >= 11 is 12.6. The number of anilines is 1. The number of hydrogen-bond acceptors (Lipinski definition) is 5. The first-order chi connectivity index (χ1) is 12.5. The summed E-state index contributed by atoms with van der Waals surface area (Å²) in [6.07, 6.45) is -1.07. The average Bonchev–Trinajstić information content (AvgIpc) is 2.63. The zero-order valence-corrected chi connectivity index (χ0v) is 14.8. The van der Waals surface area contributed by atoms with E-state index < -0.39 is 12.1 Å². The van der Waals surface area contributed by atoms with Gasteiger partial charge in [-0.1, -0.05) is 47.5 Å². The third-order valence-electron chi connectivity index (χ3n) is 4.51. The molecule has 2 aromatic rings. The Morgan fingerprint density at radius 3 is 2.69 bits per heavy atom. The summed E-state index contributed by atoms with van der Waals surface area (Å²) in [5.41, 5.74) is 8.72. The lowest BCUT2D eigenvalue weighted by Gasteiger charge is -2.36. The van der Waals surface area contributed by atoms with Gasteiger partial charge in [-0.15, -0.1) is 0 Å². The number of nitriles is 1. The summed E-state index contributed by atoms with van der Waals surface area (Å²) in [4.78, 5) is 0. The molecule has 0 saturated heterocycles. The third kappa shape index (κ3) is 2.43. The molecular weight excluding hydrogens is 373 g/mol. The van der Waals surface area contributed by atoms with Crippen LogP contribution in [-0.4, -0.2) is 11.3 Å². The Kier molecular flexibility index (Phi) is 4.04. The van der Waals surface area contributed by atoms with Crippen LogP contribution in [0.2, 0.25) is 10.0 Å². The van der Waals surface area contributed by atoms with E-state index in [0.717, 1.165) is 5.56 Å².